The first-order valence-electron chi connectivity index (χ1n) is 18.7. The van der Waals surface area contributed by atoms with Gasteiger partial charge in [-0.1, -0.05) is 104 Å². The van der Waals surface area contributed by atoms with E-state index in [1.54, 1.807) is 64.1 Å². The summed E-state index contributed by atoms with van der Waals surface area (Å²) >= 11 is 6.47. The second-order valence-corrected chi connectivity index (χ2v) is 16.7. The molecule has 1 heterocycles. The Morgan fingerprint density at radius 2 is 1.50 bits per heavy atom. The van der Waals surface area contributed by atoms with E-state index in [0.29, 0.717) is 24.4 Å². The van der Waals surface area contributed by atoms with Crippen LogP contribution < -0.4 is 20.3 Å². The van der Waals surface area contributed by atoms with Crippen molar-refractivity contribution in [1.82, 2.24) is 4.90 Å². The molecule has 1 fully saturated rings. The summed E-state index contributed by atoms with van der Waals surface area (Å²) in [5.41, 5.74) is 2.21. The predicted octanol–water partition coefficient (Wildman–Crippen LogP) is 9.29. The van der Waals surface area contributed by atoms with Crippen molar-refractivity contribution in [2.45, 2.75) is 118 Å². The van der Waals surface area contributed by atoms with Crippen LogP contribution >= 0.6 is 11.6 Å². The number of hydrogen-bond donors (Lipinski definition) is 2. The highest BCUT2D eigenvalue weighted by atomic mass is 35.5. The molecule has 2 unspecified atom stereocenters. The molecule has 4 rings (SSSR count). The van der Waals surface area contributed by atoms with Gasteiger partial charge in [-0.3, -0.25) is 24.1 Å². The second-order valence-electron chi connectivity index (χ2n) is 16.3. The molecule has 3 aromatic rings. The molecule has 3 aromatic carbocycles. The topological polar surface area (TPSA) is 125 Å². The average Bonchev–Trinajstić information content (AvgIpc) is 3.34. The zero-order chi connectivity index (χ0) is 40.2. The summed E-state index contributed by atoms with van der Waals surface area (Å²) in [5.74, 6) is -1.66. The van der Waals surface area contributed by atoms with E-state index in [1.807, 2.05) is 6.07 Å². The quantitative estimate of drug-likeness (QED) is 0.0905. The highest BCUT2D eigenvalue weighted by Crippen LogP contribution is 2.39. The monoisotopic (exact) mass is 758 g/mol. The van der Waals surface area contributed by atoms with Gasteiger partial charge in [0.15, 0.2) is 11.8 Å². The molecule has 0 aromatic heterocycles. The second kappa shape index (κ2) is 16.8. The lowest BCUT2D eigenvalue weighted by atomic mass is 9.76. The van der Waals surface area contributed by atoms with Crippen molar-refractivity contribution in [3.8, 4) is 5.75 Å². The van der Waals surface area contributed by atoms with Crippen molar-refractivity contribution in [2.24, 2.45) is 5.41 Å². The molecular formula is C43H55ClN4O6. The summed E-state index contributed by atoms with van der Waals surface area (Å²) < 4.78 is 6.24. The molecule has 0 spiro atoms. The molecule has 11 heteroatoms. The number of Topliss-reactive ketones (excluding diaryl/α,β-unsaturated/α-hetero) is 1. The normalized spacial score (nSPS) is 15.6. The average molecular weight is 759 g/mol. The minimum Gasteiger partial charge on any atom is -0.493 e. The maximum Gasteiger partial charge on any atom is 0.333 e. The van der Waals surface area contributed by atoms with Gasteiger partial charge >= 0.3 is 6.03 Å². The van der Waals surface area contributed by atoms with Gasteiger partial charge in [-0.05, 0) is 79.0 Å². The summed E-state index contributed by atoms with van der Waals surface area (Å²) in [5, 5.41) is 5.61. The third-order valence-corrected chi connectivity index (χ3v) is 10.8. The van der Waals surface area contributed by atoms with Gasteiger partial charge < -0.3 is 15.4 Å². The van der Waals surface area contributed by atoms with Crippen molar-refractivity contribution in [1.29, 1.82) is 0 Å². The highest BCUT2D eigenvalue weighted by molar-refractivity contribution is 6.34. The van der Waals surface area contributed by atoms with E-state index in [0.717, 1.165) is 29.1 Å². The van der Waals surface area contributed by atoms with Crippen molar-refractivity contribution in [3.05, 3.63) is 82.9 Å². The van der Waals surface area contributed by atoms with Gasteiger partial charge in [-0.15, -0.1) is 0 Å². The standard InChI is InChI=1S/C43H55ClN4O6/c1-11-42(7,8)28-20-23-34(31(25-28)43(9,10)12-2)54-24-16-19-35(49)45-29-21-22-32(44)33(26-29)46-38(51)36(37(50)41(4,5)6)48-39(52)27(3)47(40(48)53)30-17-14-13-15-18-30/h13-15,17-18,20-23,25-27,36H,11-12,16,19,24H2,1-10H3,(H,45,49)(H,46,51). The molecular weight excluding hydrogens is 704 g/mol. The van der Waals surface area contributed by atoms with Gasteiger partial charge in [-0.25, -0.2) is 9.69 Å². The van der Waals surface area contributed by atoms with Crippen LogP contribution in [0.1, 0.15) is 106 Å². The fourth-order valence-corrected chi connectivity index (χ4v) is 6.32. The van der Waals surface area contributed by atoms with E-state index in [-0.39, 0.29) is 33.9 Å². The number of imide groups is 1. The number of hydrogen-bond acceptors (Lipinski definition) is 6. The van der Waals surface area contributed by atoms with E-state index in [4.69, 9.17) is 16.3 Å². The third-order valence-electron chi connectivity index (χ3n) is 10.5. The SMILES string of the molecule is CCC(C)(C)c1ccc(OCCCC(=O)Nc2ccc(Cl)c(NC(=O)C(C(=O)C(C)(C)C)N3C(=O)C(C)N(c4ccccc4)C3=O)c2)c(C(C)(C)CC)c1. The van der Waals surface area contributed by atoms with Gasteiger partial charge in [-0.2, -0.15) is 0 Å². The van der Waals surface area contributed by atoms with Crippen LogP contribution in [0.2, 0.25) is 5.02 Å². The summed E-state index contributed by atoms with van der Waals surface area (Å²) in [6.45, 7) is 20.0. The van der Waals surface area contributed by atoms with Crippen molar-refractivity contribution < 1.29 is 28.7 Å². The van der Waals surface area contributed by atoms with E-state index in [1.165, 1.54) is 22.6 Å². The molecule has 1 aliphatic heterocycles. The highest BCUT2D eigenvalue weighted by Gasteiger charge is 2.52. The minimum atomic E-state index is -1.77. The number of carbonyl (C=O) groups is 5. The number of ketones is 1. The number of rotatable bonds is 15. The number of nitrogens with one attached hydrogen (secondary N) is 2. The van der Waals surface area contributed by atoms with Crippen molar-refractivity contribution >= 4 is 58.2 Å². The van der Waals surface area contributed by atoms with Crippen LogP contribution in [0.3, 0.4) is 0 Å². The summed E-state index contributed by atoms with van der Waals surface area (Å²) in [6.07, 6.45) is 2.60. The number of anilines is 3. The Morgan fingerprint density at radius 1 is 0.852 bits per heavy atom. The largest absolute Gasteiger partial charge is 0.493 e. The number of para-hydroxylation sites is 1. The van der Waals surface area contributed by atoms with Crippen molar-refractivity contribution in [3.63, 3.8) is 0 Å². The summed E-state index contributed by atoms with van der Waals surface area (Å²) in [4.78, 5) is 70.0. The molecule has 10 nitrogen and oxygen atoms in total. The van der Waals surface area contributed by atoms with Gasteiger partial charge in [0.2, 0.25) is 5.91 Å². The number of ether oxygens (including phenoxy) is 1. The zero-order valence-electron chi connectivity index (χ0n) is 33.3. The fraction of sp³-hybridized carbons (Fsp3) is 0.465. The number of halogens is 1. The lowest BCUT2D eigenvalue weighted by Gasteiger charge is -2.30. The Labute approximate surface area is 325 Å². The maximum absolute atomic E-state index is 13.9. The molecule has 1 saturated heterocycles. The Kier molecular flexibility index (Phi) is 13.0. The smallest absolute Gasteiger partial charge is 0.333 e. The maximum atomic E-state index is 13.9. The van der Waals surface area contributed by atoms with Crippen molar-refractivity contribution in [2.75, 3.05) is 22.1 Å². The van der Waals surface area contributed by atoms with Gasteiger partial charge in [0.05, 0.1) is 17.3 Å². The van der Waals surface area contributed by atoms with Crippen LogP contribution in [0.15, 0.2) is 66.7 Å². The van der Waals surface area contributed by atoms with Crippen LogP contribution in [0, 0.1) is 5.41 Å². The number of benzene rings is 3. The van der Waals surface area contributed by atoms with Crippen LogP contribution in [-0.2, 0) is 30.0 Å². The molecule has 1 aliphatic rings. The minimum absolute atomic E-state index is 0.0419. The molecule has 290 valence electrons. The first kappa shape index (κ1) is 42.0. The molecule has 0 saturated carbocycles. The summed E-state index contributed by atoms with van der Waals surface area (Å²) in [6, 6.07) is 16.1. The molecule has 5 amide bonds. The van der Waals surface area contributed by atoms with Crippen LogP contribution in [-0.4, -0.2) is 53.1 Å². The third kappa shape index (κ3) is 9.32. The molecule has 0 radical (unpaired) electrons. The Hall–Kier alpha value is -4.70. The predicted molar refractivity (Wildman–Crippen MR) is 215 cm³/mol. The zero-order valence-corrected chi connectivity index (χ0v) is 34.0. The lowest BCUT2D eigenvalue weighted by molar-refractivity contribution is -0.143. The molecule has 54 heavy (non-hydrogen) atoms. The fourth-order valence-electron chi connectivity index (χ4n) is 6.15. The van der Waals surface area contributed by atoms with Gasteiger partial charge in [0.25, 0.3) is 11.8 Å². The molecule has 0 bridgehead atoms. The summed E-state index contributed by atoms with van der Waals surface area (Å²) in [7, 11) is 0. The molecule has 2 atom stereocenters. The van der Waals surface area contributed by atoms with Gasteiger partial charge in [0, 0.05) is 28.8 Å². The molecule has 0 aliphatic carbocycles. The first-order valence-corrected chi connectivity index (χ1v) is 19.0. The van der Waals surface area contributed by atoms with Gasteiger partial charge in [0.1, 0.15) is 11.8 Å². The number of nitrogens with zero attached hydrogens (tertiary/aromatic N) is 2. The number of amides is 5. The van der Waals surface area contributed by atoms with E-state index in [2.05, 4.69) is 64.3 Å². The Morgan fingerprint density at radius 3 is 2.11 bits per heavy atom. The van der Waals surface area contributed by atoms with E-state index >= 15 is 0 Å². The Bertz CT molecular complexity index is 1880. The van der Waals surface area contributed by atoms with E-state index < -0.39 is 41.1 Å². The Balaban J connectivity index is 1.45. The number of carbonyl (C=O) groups excluding carboxylic acids is 5. The van der Waals surface area contributed by atoms with Crippen LogP contribution in [0.4, 0.5) is 21.9 Å². The number of urea groups is 1. The molecule has 2 N–H and O–H groups in total. The van der Waals surface area contributed by atoms with E-state index in [9.17, 15) is 24.0 Å². The lowest BCUT2D eigenvalue weighted by Crippen LogP contribution is -2.55. The van der Waals surface area contributed by atoms with Crippen LogP contribution in [0.25, 0.3) is 0 Å². The first-order chi connectivity index (χ1) is 25.2. The van der Waals surface area contributed by atoms with Crippen LogP contribution in [0.5, 0.6) is 5.75 Å².